The first kappa shape index (κ1) is 21.1. The number of thioether (sulfide) groups is 1. The fourth-order valence-corrected chi connectivity index (χ4v) is 4.65. The zero-order valence-electron chi connectivity index (χ0n) is 16.6. The number of carbonyl (C=O) groups is 1. The molecule has 0 saturated heterocycles. The molecule has 2 heterocycles. The first-order valence-corrected chi connectivity index (χ1v) is 11.4. The minimum atomic E-state index is -0.767. The van der Waals surface area contributed by atoms with Gasteiger partial charge < -0.3 is 15.8 Å². The lowest BCUT2D eigenvalue weighted by molar-refractivity contribution is 0.102. The van der Waals surface area contributed by atoms with Gasteiger partial charge in [0.1, 0.15) is 17.1 Å². The topological polar surface area (TPSA) is 145 Å². The predicted molar refractivity (Wildman–Crippen MR) is 120 cm³/mol. The summed E-state index contributed by atoms with van der Waals surface area (Å²) in [4.78, 5) is 39.0. The Morgan fingerprint density at radius 1 is 1.35 bits per heavy atom. The monoisotopic (exact) mass is 460 g/mol. The van der Waals surface area contributed by atoms with E-state index >= 15 is 0 Å². The summed E-state index contributed by atoms with van der Waals surface area (Å²) in [6.45, 7) is 2.44. The van der Waals surface area contributed by atoms with E-state index < -0.39 is 17.0 Å². The molecule has 0 atom stereocenters. The van der Waals surface area contributed by atoms with Crippen molar-refractivity contribution in [1.82, 2.24) is 19.7 Å². The Morgan fingerprint density at radius 2 is 2.13 bits per heavy atom. The maximum Gasteiger partial charge on any atom is 0.330 e. The average molecular weight is 461 g/mol. The molecule has 4 rings (SSSR count). The second-order valence-corrected chi connectivity index (χ2v) is 8.96. The molecule has 1 aromatic carbocycles. The summed E-state index contributed by atoms with van der Waals surface area (Å²) in [5, 5.41) is 11.9. The molecule has 1 aliphatic carbocycles. The van der Waals surface area contributed by atoms with Gasteiger partial charge in [0, 0.05) is 6.04 Å². The third-order valence-corrected chi connectivity index (χ3v) is 6.51. The highest BCUT2D eigenvalue weighted by atomic mass is 32.2. The summed E-state index contributed by atoms with van der Waals surface area (Å²) in [6.07, 6.45) is 1.59. The standard InChI is InChI=1S/C19H20N6O4S2/c1-2-29-13-6-4-3-5-11(13)21-17-23-24-19(31-17)30-9-12(26)14-15(20)25(10-7-8-10)18(28)22-16(14)27/h3-6,10H,2,7-9,20H2,1H3,(H,21,23)(H,22,27,28). The number of hydrogen-bond donors (Lipinski definition) is 3. The van der Waals surface area contributed by atoms with Crippen LogP contribution >= 0.6 is 23.1 Å². The van der Waals surface area contributed by atoms with E-state index in [9.17, 15) is 14.4 Å². The van der Waals surface area contributed by atoms with E-state index in [1.165, 1.54) is 15.9 Å². The molecule has 1 fully saturated rings. The quantitative estimate of drug-likeness (QED) is 0.324. The molecule has 2 aromatic heterocycles. The van der Waals surface area contributed by atoms with Crippen molar-refractivity contribution in [1.29, 1.82) is 0 Å². The summed E-state index contributed by atoms with van der Waals surface area (Å²) in [5.41, 5.74) is 5.21. The van der Waals surface area contributed by atoms with Gasteiger partial charge in [-0.05, 0) is 31.9 Å². The number of aromatic nitrogens is 4. The average Bonchev–Trinajstić information content (AvgIpc) is 3.46. The number of H-pyrrole nitrogens is 1. The molecule has 1 saturated carbocycles. The van der Waals surface area contributed by atoms with Crippen LogP contribution in [-0.4, -0.2) is 37.9 Å². The normalized spacial score (nSPS) is 13.2. The summed E-state index contributed by atoms with van der Waals surface area (Å²) in [6, 6.07) is 7.42. The van der Waals surface area contributed by atoms with Crippen LogP contribution in [-0.2, 0) is 0 Å². The number of anilines is 3. The van der Waals surface area contributed by atoms with E-state index in [1.54, 1.807) is 0 Å². The summed E-state index contributed by atoms with van der Waals surface area (Å²) in [5.74, 6) is 0.101. The van der Waals surface area contributed by atoms with Crippen LogP contribution in [0.2, 0.25) is 0 Å². The predicted octanol–water partition coefficient (Wildman–Crippen LogP) is 2.42. The van der Waals surface area contributed by atoms with Crippen molar-refractivity contribution < 1.29 is 9.53 Å². The Balaban J connectivity index is 1.45. The van der Waals surface area contributed by atoms with Crippen molar-refractivity contribution in [3.63, 3.8) is 0 Å². The van der Waals surface area contributed by atoms with Crippen LogP contribution in [0.4, 0.5) is 16.6 Å². The molecular formula is C19H20N6O4S2. The summed E-state index contributed by atoms with van der Waals surface area (Å²) >= 11 is 2.42. The lowest BCUT2D eigenvalue weighted by Crippen LogP contribution is -2.36. The van der Waals surface area contributed by atoms with Crippen LogP contribution in [0, 0.1) is 0 Å². The van der Waals surface area contributed by atoms with E-state index in [0.717, 1.165) is 30.3 Å². The fraction of sp³-hybridized carbons (Fsp3) is 0.316. The zero-order valence-corrected chi connectivity index (χ0v) is 18.2. The van der Waals surface area contributed by atoms with Crippen molar-refractivity contribution in [2.45, 2.75) is 30.1 Å². The summed E-state index contributed by atoms with van der Waals surface area (Å²) in [7, 11) is 0. The van der Waals surface area contributed by atoms with Crippen LogP contribution in [0.15, 0.2) is 38.2 Å². The van der Waals surface area contributed by atoms with Crippen molar-refractivity contribution in [3.05, 3.63) is 50.7 Å². The molecule has 0 spiro atoms. The first-order chi connectivity index (χ1) is 15.0. The number of nitrogen functional groups attached to an aromatic ring is 1. The number of ether oxygens (including phenoxy) is 1. The third kappa shape index (κ3) is 4.64. The van der Waals surface area contributed by atoms with Crippen LogP contribution in [0.1, 0.15) is 36.2 Å². The second-order valence-electron chi connectivity index (χ2n) is 6.76. The Kier molecular flexibility index (Phi) is 6.09. The highest BCUT2D eigenvalue weighted by Gasteiger charge is 2.30. The van der Waals surface area contributed by atoms with E-state index in [-0.39, 0.29) is 23.2 Å². The minimum absolute atomic E-state index is 0.0552. The number of nitrogens with one attached hydrogen (secondary N) is 2. The third-order valence-electron chi connectivity index (χ3n) is 4.53. The Bertz CT molecular complexity index is 1230. The molecule has 0 radical (unpaired) electrons. The molecule has 0 aliphatic heterocycles. The van der Waals surface area contributed by atoms with Gasteiger partial charge in [-0.3, -0.25) is 19.1 Å². The van der Waals surface area contributed by atoms with Crippen LogP contribution < -0.4 is 27.0 Å². The highest BCUT2D eigenvalue weighted by Crippen LogP contribution is 2.36. The Morgan fingerprint density at radius 3 is 2.87 bits per heavy atom. The van der Waals surface area contributed by atoms with Gasteiger partial charge in [0.25, 0.3) is 5.56 Å². The molecule has 0 unspecified atom stereocenters. The van der Waals surface area contributed by atoms with Gasteiger partial charge in [-0.15, -0.1) is 10.2 Å². The number of benzene rings is 1. The highest BCUT2D eigenvalue weighted by molar-refractivity contribution is 8.01. The van der Waals surface area contributed by atoms with Gasteiger partial charge in [0.2, 0.25) is 5.13 Å². The van der Waals surface area contributed by atoms with Crippen molar-refractivity contribution in [3.8, 4) is 5.75 Å². The maximum atomic E-state index is 12.7. The van der Waals surface area contributed by atoms with E-state index in [4.69, 9.17) is 10.5 Å². The number of ketones is 1. The van der Waals surface area contributed by atoms with E-state index in [0.29, 0.717) is 21.8 Å². The van der Waals surface area contributed by atoms with Gasteiger partial charge >= 0.3 is 5.69 Å². The smallest absolute Gasteiger partial charge is 0.330 e. The fourth-order valence-electron chi connectivity index (χ4n) is 3.02. The number of aromatic amines is 1. The molecule has 0 amide bonds. The van der Waals surface area contributed by atoms with Crippen LogP contribution in [0.3, 0.4) is 0 Å². The Labute approximate surface area is 184 Å². The van der Waals surface area contributed by atoms with Gasteiger partial charge in [-0.25, -0.2) is 4.79 Å². The van der Waals surface area contributed by atoms with Crippen LogP contribution in [0.25, 0.3) is 0 Å². The lowest BCUT2D eigenvalue weighted by Gasteiger charge is -2.10. The van der Waals surface area contributed by atoms with Crippen molar-refractivity contribution in [2.75, 3.05) is 23.4 Å². The summed E-state index contributed by atoms with van der Waals surface area (Å²) < 4.78 is 7.43. The van der Waals surface area contributed by atoms with Gasteiger partial charge in [0.15, 0.2) is 10.1 Å². The van der Waals surface area contributed by atoms with E-state index in [2.05, 4.69) is 20.5 Å². The second kappa shape index (κ2) is 8.94. The molecule has 10 nitrogen and oxygen atoms in total. The molecule has 1 aliphatic rings. The number of para-hydroxylation sites is 2. The molecule has 3 aromatic rings. The van der Waals surface area contributed by atoms with Crippen molar-refractivity contribution >= 4 is 45.5 Å². The number of carbonyl (C=O) groups excluding carboxylic acids is 1. The molecular weight excluding hydrogens is 440 g/mol. The molecule has 12 heteroatoms. The maximum absolute atomic E-state index is 12.7. The number of rotatable bonds is 9. The Hall–Kier alpha value is -3.12. The molecule has 31 heavy (non-hydrogen) atoms. The van der Waals surface area contributed by atoms with Gasteiger partial charge in [0.05, 0.1) is 18.0 Å². The SMILES string of the molecule is CCOc1ccccc1Nc1nnc(SCC(=O)c2c(N)n(C3CC3)c(=O)[nH]c2=O)s1. The van der Waals surface area contributed by atoms with Gasteiger partial charge in [-0.2, -0.15) is 0 Å². The number of Topliss-reactive ketones (excluding diaryl/α,β-unsaturated/α-hetero) is 1. The van der Waals surface area contributed by atoms with Gasteiger partial charge in [-0.1, -0.05) is 35.2 Å². The molecule has 162 valence electrons. The molecule has 0 bridgehead atoms. The first-order valence-electron chi connectivity index (χ1n) is 9.60. The number of nitrogens with zero attached hydrogens (tertiary/aromatic N) is 3. The number of nitrogens with two attached hydrogens (primary N) is 1. The van der Waals surface area contributed by atoms with Crippen LogP contribution in [0.5, 0.6) is 5.75 Å². The number of hydrogen-bond acceptors (Lipinski definition) is 10. The van der Waals surface area contributed by atoms with E-state index in [1.807, 2.05) is 31.2 Å². The minimum Gasteiger partial charge on any atom is -0.492 e. The molecule has 4 N–H and O–H groups in total. The lowest BCUT2D eigenvalue weighted by atomic mass is 10.2. The largest absolute Gasteiger partial charge is 0.492 e. The van der Waals surface area contributed by atoms with Crippen molar-refractivity contribution in [2.24, 2.45) is 0 Å². The zero-order chi connectivity index (χ0) is 22.0.